The molecule has 0 aliphatic carbocycles. The molecule has 0 unspecified atom stereocenters. The predicted octanol–water partition coefficient (Wildman–Crippen LogP) is 8.15. The van der Waals surface area contributed by atoms with Crippen LogP contribution in [0.5, 0.6) is 0 Å². The molecule has 1 atom stereocenters. The van der Waals surface area contributed by atoms with Crippen LogP contribution in [0.4, 0.5) is 28.6 Å². The van der Waals surface area contributed by atoms with Crippen LogP contribution in [-0.4, -0.2) is 92.5 Å². The summed E-state index contributed by atoms with van der Waals surface area (Å²) in [4.78, 5) is 28.3. The summed E-state index contributed by atoms with van der Waals surface area (Å²) in [5.74, 6) is 0.895. The fourth-order valence-corrected chi connectivity index (χ4v) is 9.71. The Morgan fingerprint density at radius 3 is 2.30 bits per heavy atom. The maximum atomic E-state index is 13.7. The molecule has 5 aromatic carbocycles. The molecule has 6 aromatic rings. The maximum absolute atomic E-state index is 13.7. The molecule has 0 saturated carbocycles. The summed E-state index contributed by atoms with van der Waals surface area (Å²) in [6.45, 7) is 9.54. The number of sulfonamides is 1. The quantitative estimate of drug-likeness (QED) is 0.0585. The molecule has 60 heavy (non-hydrogen) atoms. The van der Waals surface area contributed by atoms with Gasteiger partial charge in [-0.05, 0) is 96.5 Å². The Kier molecular flexibility index (Phi) is 12.8. The Balaban J connectivity index is 0.866. The number of aromatic nitrogens is 2. The Hall–Kier alpha value is -5.74. The molecule has 2 fully saturated rings. The van der Waals surface area contributed by atoms with Gasteiger partial charge in [-0.2, -0.15) is 0 Å². The van der Waals surface area contributed by atoms with E-state index >= 15 is 0 Å². The highest BCUT2D eigenvalue weighted by molar-refractivity contribution is 7.99. The largest absolute Gasteiger partial charge is 0.378 e. The van der Waals surface area contributed by atoms with Crippen LogP contribution in [0, 0.1) is 10.1 Å². The van der Waals surface area contributed by atoms with E-state index in [9.17, 15) is 18.5 Å². The number of nitrogens with zero attached hydrogens (tertiary/aromatic N) is 6. The van der Waals surface area contributed by atoms with Gasteiger partial charge in [0.25, 0.3) is 15.7 Å². The lowest BCUT2D eigenvalue weighted by Crippen LogP contribution is -2.45. The molecule has 0 amide bonds. The molecule has 8 rings (SSSR count). The SMILES string of the molecule is C[C@H](CCSc1ccc(N2CCOCC2)cc1)Nc1ccc(S(=O)(=O)Nc2ncnc3cc(N4CCN(Cc5cccc(-c6ccccc6)c5)CC4)ccc23)cc1[N+](=O)[O-]. The Morgan fingerprint density at radius 2 is 1.53 bits per heavy atom. The van der Waals surface area contributed by atoms with Crippen molar-refractivity contribution in [3.8, 4) is 11.1 Å². The van der Waals surface area contributed by atoms with Gasteiger partial charge in [0.05, 0.1) is 28.5 Å². The highest BCUT2D eigenvalue weighted by Crippen LogP contribution is 2.32. The minimum atomic E-state index is -4.24. The zero-order valence-corrected chi connectivity index (χ0v) is 35.1. The zero-order chi connectivity index (χ0) is 41.5. The number of piperazine rings is 1. The van der Waals surface area contributed by atoms with E-state index < -0.39 is 14.9 Å². The number of fused-ring (bicyclic) bond motifs is 1. The molecule has 2 saturated heterocycles. The molecule has 2 aliphatic rings. The maximum Gasteiger partial charge on any atom is 0.293 e. The van der Waals surface area contributed by atoms with Crippen molar-refractivity contribution in [1.29, 1.82) is 0 Å². The first-order valence-corrected chi connectivity index (χ1v) is 22.7. The second kappa shape index (κ2) is 18.7. The van der Waals surface area contributed by atoms with Gasteiger partial charge in [-0.1, -0.05) is 48.5 Å². The van der Waals surface area contributed by atoms with E-state index in [0.717, 1.165) is 87.8 Å². The number of morpholine rings is 1. The number of rotatable bonds is 15. The summed E-state index contributed by atoms with van der Waals surface area (Å²) in [6.07, 6.45) is 2.05. The lowest BCUT2D eigenvalue weighted by molar-refractivity contribution is -0.384. The van der Waals surface area contributed by atoms with Crippen molar-refractivity contribution in [2.45, 2.75) is 35.7 Å². The zero-order valence-electron chi connectivity index (χ0n) is 33.4. The van der Waals surface area contributed by atoms with Gasteiger partial charge in [0.1, 0.15) is 12.0 Å². The predicted molar refractivity (Wildman–Crippen MR) is 241 cm³/mol. The lowest BCUT2D eigenvalue weighted by Gasteiger charge is -2.36. The minimum absolute atomic E-state index is 0.0980. The van der Waals surface area contributed by atoms with Gasteiger partial charge in [0, 0.05) is 79.6 Å². The van der Waals surface area contributed by atoms with Gasteiger partial charge in [0.2, 0.25) is 0 Å². The summed E-state index contributed by atoms with van der Waals surface area (Å²) >= 11 is 1.72. The average molecular weight is 845 g/mol. The molecule has 1 aromatic heterocycles. The topological polar surface area (TPSA) is 146 Å². The third kappa shape index (κ3) is 9.99. The highest BCUT2D eigenvalue weighted by Gasteiger charge is 2.24. The van der Waals surface area contributed by atoms with Crippen molar-refractivity contribution in [3.63, 3.8) is 0 Å². The third-order valence-corrected chi connectivity index (χ3v) is 13.3. The van der Waals surface area contributed by atoms with E-state index in [4.69, 9.17) is 4.74 Å². The number of hydrogen-bond acceptors (Lipinski definition) is 12. The van der Waals surface area contributed by atoms with E-state index in [1.165, 1.54) is 40.8 Å². The van der Waals surface area contributed by atoms with Crippen LogP contribution in [0.1, 0.15) is 18.9 Å². The van der Waals surface area contributed by atoms with Crippen LogP contribution in [0.2, 0.25) is 0 Å². The number of hydrogen-bond donors (Lipinski definition) is 2. The molecular weight excluding hydrogens is 797 g/mol. The van der Waals surface area contributed by atoms with Crippen LogP contribution in [0.25, 0.3) is 22.0 Å². The molecule has 0 bridgehead atoms. The Morgan fingerprint density at radius 1 is 0.800 bits per heavy atom. The molecule has 2 aliphatic heterocycles. The third-order valence-electron chi connectivity index (χ3n) is 10.9. The Labute approximate surface area is 355 Å². The normalized spacial score (nSPS) is 15.5. The Bertz CT molecular complexity index is 2530. The van der Waals surface area contributed by atoms with Crippen LogP contribution in [-0.2, 0) is 21.3 Å². The summed E-state index contributed by atoms with van der Waals surface area (Å²) < 4.78 is 35.3. The average Bonchev–Trinajstić information content (AvgIpc) is 3.27. The van der Waals surface area contributed by atoms with Crippen LogP contribution < -0.4 is 19.8 Å². The highest BCUT2D eigenvalue weighted by atomic mass is 32.2. The van der Waals surface area contributed by atoms with Gasteiger partial charge in [-0.15, -0.1) is 11.8 Å². The van der Waals surface area contributed by atoms with Crippen LogP contribution >= 0.6 is 11.8 Å². The van der Waals surface area contributed by atoms with Crippen molar-refractivity contribution in [1.82, 2.24) is 14.9 Å². The molecule has 2 N–H and O–H groups in total. The van der Waals surface area contributed by atoms with Gasteiger partial charge in [-0.3, -0.25) is 19.7 Å². The van der Waals surface area contributed by atoms with Crippen LogP contribution in [0.3, 0.4) is 0 Å². The lowest BCUT2D eigenvalue weighted by atomic mass is 10.0. The van der Waals surface area contributed by atoms with Gasteiger partial charge in [-0.25, -0.2) is 18.4 Å². The van der Waals surface area contributed by atoms with Crippen LogP contribution in [0.15, 0.2) is 131 Å². The number of nitro benzene ring substituents is 1. The van der Waals surface area contributed by atoms with E-state index in [-0.39, 0.29) is 28.1 Å². The summed E-state index contributed by atoms with van der Waals surface area (Å²) in [7, 11) is -4.24. The first kappa shape index (κ1) is 41.0. The number of anilines is 4. The van der Waals surface area contributed by atoms with Crippen molar-refractivity contribution in [3.05, 3.63) is 137 Å². The van der Waals surface area contributed by atoms with Gasteiger partial charge < -0.3 is 19.9 Å². The minimum Gasteiger partial charge on any atom is -0.378 e. The first-order valence-electron chi connectivity index (χ1n) is 20.2. The standard InChI is InChI=1S/C45H48N8O5S2/c1-33(18-27-59-39-13-10-37(11-14-39)52-23-25-58-26-24-52)48-42-17-15-40(30-44(42)53(54)55)60(56,57)49-45-41-16-12-38(29-43(41)46-32-47-45)51-21-19-50(20-22-51)31-34-6-5-9-36(28-34)35-7-3-2-4-8-35/h2-17,28-30,32-33,48H,18-27,31H2,1H3,(H,46,47,49)/t33-/m1/s1. The number of nitro groups is 1. The van der Waals surface area contributed by atoms with Gasteiger partial charge >= 0.3 is 0 Å². The first-order chi connectivity index (χ1) is 29.2. The van der Waals surface area contributed by atoms with Crippen molar-refractivity contribution < 1.29 is 18.1 Å². The van der Waals surface area contributed by atoms with E-state index in [0.29, 0.717) is 10.9 Å². The summed E-state index contributed by atoms with van der Waals surface area (Å²) in [5.41, 5.74) is 6.39. The molecule has 0 spiro atoms. The molecular formula is C45H48N8O5S2. The smallest absolute Gasteiger partial charge is 0.293 e. The molecule has 310 valence electrons. The number of ether oxygens (including phenoxy) is 1. The fraction of sp³-hybridized carbons (Fsp3) is 0.289. The number of nitrogens with one attached hydrogen (secondary N) is 2. The number of benzene rings is 5. The van der Waals surface area contributed by atoms with Gasteiger partial charge in [0.15, 0.2) is 5.82 Å². The second-order valence-corrected chi connectivity index (χ2v) is 17.9. The number of thioether (sulfide) groups is 1. The molecule has 15 heteroatoms. The molecule has 13 nitrogen and oxygen atoms in total. The van der Waals surface area contributed by atoms with Crippen molar-refractivity contribution >= 4 is 61.3 Å². The fourth-order valence-electron chi connectivity index (χ4n) is 7.63. The molecule has 0 radical (unpaired) electrons. The second-order valence-electron chi connectivity index (χ2n) is 15.1. The summed E-state index contributed by atoms with van der Waals surface area (Å²) in [6, 6.07) is 37.1. The monoisotopic (exact) mass is 844 g/mol. The van der Waals surface area contributed by atoms with Crippen molar-refractivity contribution in [2.24, 2.45) is 0 Å². The van der Waals surface area contributed by atoms with E-state index in [1.54, 1.807) is 11.8 Å². The van der Waals surface area contributed by atoms with Crippen molar-refractivity contribution in [2.75, 3.05) is 78.1 Å². The summed E-state index contributed by atoms with van der Waals surface area (Å²) in [5, 5.41) is 15.9. The van der Waals surface area contributed by atoms with E-state index in [1.807, 2.05) is 31.2 Å². The van der Waals surface area contributed by atoms with E-state index in [2.05, 4.69) is 108 Å². The molecule has 3 heterocycles.